The van der Waals surface area contributed by atoms with Crippen molar-refractivity contribution in [3.63, 3.8) is 0 Å². The molecule has 0 radical (unpaired) electrons. The summed E-state index contributed by atoms with van der Waals surface area (Å²) in [6, 6.07) is 12.9. The summed E-state index contributed by atoms with van der Waals surface area (Å²) >= 11 is 0. The van der Waals surface area contributed by atoms with E-state index in [1.807, 2.05) is 30.3 Å². The van der Waals surface area contributed by atoms with Gasteiger partial charge in [-0.2, -0.15) is 4.31 Å². The van der Waals surface area contributed by atoms with E-state index in [0.29, 0.717) is 6.54 Å². The number of amides is 1. The quantitative estimate of drug-likeness (QED) is 0.782. The van der Waals surface area contributed by atoms with Crippen molar-refractivity contribution in [2.75, 3.05) is 33.4 Å². The summed E-state index contributed by atoms with van der Waals surface area (Å²) in [4.78, 5) is 13.7. The minimum Gasteiger partial charge on any atom is -0.379 e. The van der Waals surface area contributed by atoms with E-state index in [1.54, 1.807) is 7.05 Å². The summed E-state index contributed by atoms with van der Waals surface area (Å²) in [6.07, 6.45) is 0. The number of benzene rings is 2. The third-order valence-electron chi connectivity index (χ3n) is 4.38. The van der Waals surface area contributed by atoms with Crippen molar-refractivity contribution in [1.29, 1.82) is 0 Å². The first-order chi connectivity index (χ1) is 12.9. The topological polar surface area (TPSA) is 66.9 Å². The molecule has 0 spiro atoms. The number of halogens is 1. The van der Waals surface area contributed by atoms with Crippen LogP contribution >= 0.6 is 0 Å². The third-order valence-corrected chi connectivity index (χ3v) is 6.29. The molecule has 0 bridgehead atoms. The van der Waals surface area contributed by atoms with Crippen molar-refractivity contribution in [1.82, 2.24) is 9.21 Å². The van der Waals surface area contributed by atoms with Crippen molar-refractivity contribution in [3.05, 3.63) is 65.5 Å². The number of rotatable bonds is 5. The van der Waals surface area contributed by atoms with E-state index in [-0.39, 0.29) is 37.8 Å². The molecule has 1 heterocycles. The molecule has 2 aromatic rings. The Bertz CT molecular complexity index is 913. The monoisotopic (exact) mass is 392 g/mol. The highest BCUT2D eigenvalue weighted by atomic mass is 32.2. The van der Waals surface area contributed by atoms with Gasteiger partial charge in [0, 0.05) is 32.2 Å². The maximum absolute atomic E-state index is 14.3. The summed E-state index contributed by atoms with van der Waals surface area (Å²) in [5, 5.41) is 0. The van der Waals surface area contributed by atoms with E-state index in [2.05, 4.69) is 0 Å². The predicted molar refractivity (Wildman–Crippen MR) is 98.2 cm³/mol. The predicted octanol–water partition coefficient (Wildman–Crippen LogP) is 2.12. The molecule has 1 saturated heterocycles. The van der Waals surface area contributed by atoms with Gasteiger partial charge in [0.2, 0.25) is 10.0 Å². The lowest BCUT2D eigenvalue weighted by Crippen LogP contribution is -2.41. The second-order valence-corrected chi connectivity index (χ2v) is 8.21. The van der Waals surface area contributed by atoms with Crippen LogP contribution in [0.1, 0.15) is 15.9 Å². The molecule has 0 unspecified atom stereocenters. The van der Waals surface area contributed by atoms with Gasteiger partial charge in [0.15, 0.2) is 0 Å². The second-order valence-electron chi connectivity index (χ2n) is 6.31. The summed E-state index contributed by atoms with van der Waals surface area (Å²) in [5.74, 6) is -1.25. The molecule has 27 heavy (non-hydrogen) atoms. The van der Waals surface area contributed by atoms with Crippen LogP contribution in [-0.2, 0) is 21.3 Å². The Hall–Kier alpha value is -2.29. The molecule has 1 fully saturated rings. The first-order valence-electron chi connectivity index (χ1n) is 8.56. The summed E-state index contributed by atoms with van der Waals surface area (Å²) in [6.45, 7) is 1.21. The van der Waals surface area contributed by atoms with Gasteiger partial charge in [-0.3, -0.25) is 4.79 Å². The van der Waals surface area contributed by atoms with Gasteiger partial charge in [-0.1, -0.05) is 30.3 Å². The van der Waals surface area contributed by atoms with Crippen LogP contribution in [-0.4, -0.2) is 56.9 Å². The standard InChI is InChI=1S/C19H21FN2O4S/c1-21(14-15-5-3-2-4-6-15)19(23)16-7-8-17(20)18(13-16)27(24,25)22-9-11-26-12-10-22/h2-8,13H,9-12,14H2,1H3. The fraction of sp³-hybridized carbons (Fsp3) is 0.316. The number of ether oxygens (including phenoxy) is 1. The zero-order chi connectivity index (χ0) is 19.4. The summed E-state index contributed by atoms with van der Waals surface area (Å²) < 4.78 is 46.1. The summed E-state index contributed by atoms with van der Waals surface area (Å²) in [5.41, 5.74) is 1.07. The van der Waals surface area contributed by atoms with Gasteiger partial charge in [-0.05, 0) is 23.8 Å². The fourth-order valence-electron chi connectivity index (χ4n) is 2.91. The van der Waals surface area contributed by atoms with E-state index in [4.69, 9.17) is 4.74 Å². The molecule has 0 aromatic heterocycles. The molecule has 1 aliphatic rings. The number of carbonyl (C=O) groups is 1. The largest absolute Gasteiger partial charge is 0.379 e. The fourth-order valence-corrected chi connectivity index (χ4v) is 4.41. The molecule has 1 amide bonds. The minimum absolute atomic E-state index is 0.127. The van der Waals surface area contributed by atoms with Crippen LogP contribution in [0.15, 0.2) is 53.4 Å². The highest BCUT2D eigenvalue weighted by Crippen LogP contribution is 2.22. The van der Waals surface area contributed by atoms with Gasteiger partial charge >= 0.3 is 0 Å². The van der Waals surface area contributed by atoms with E-state index in [0.717, 1.165) is 17.7 Å². The highest BCUT2D eigenvalue weighted by molar-refractivity contribution is 7.89. The van der Waals surface area contributed by atoms with Crippen LogP contribution in [0.25, 0.3) is 0 Å². The first kappa shape index (κ1) is 19.5. The Morgan fingerprint density at radius 1 is 1.15 bits per heavy atom. The van der Waals surface area contributed by atoms with Crippen LogP contribution in [0.2, 0.25) is 0 Å². The van der Waals surface area contributed by atoms with Crippen LogP contribution in [0.5, 0.6) is 0 Å². The Kier molecular flexibility index (Phi) is 5.88. The average Bonchev–Trinajstić information content (AvgIpc) is 2.69. The number of nitrogens with zero attached hydrogens (tertiary/aromatic N) is 2. The second kappa shape index (κ2) is 8.16. The molecule has 0 saturated carbocycles. The molecule has 0 atom stereocenters. The van der Waals surface area contributed by atoms with Gasteiger partial charge in [0.25, 0.3) is 5.91 Å². The van der Waals surface area contributed by atoms with E-state index in [9.17, 15) is 17.6 Å². The van der Waals surface area contributed by atoms with Crippen molar-refractivity contribution in [2.45, 2.75) is 11.4 Å². The molecule has 6 nitrogen and oxygen atoms in total. The minimum atomic E-state index is -4.03. The van der Waals surface area contributed by atoms with Gasteiger partial charge in [0.05, 0.1) is 13.2 Å². The van der Waals surface area contributed by atoms with Crippen LogP contribution in [0.3, 0.4) is 0 Å². The number of hydrogen-bond donors (Lipinski definition) is 0. The maximum atomic E-state index is 14.3. The summed E-state index contributed by atoms with van der Waals surface area (Å²) in [7, 11) is -2.41. The SMILES string of the molecule is CN(Cc1ccccc1)C(=O)c1ccc(F)c(S(=O)(=O)N2CCOCC2)c1. The smallest absolute Gasteiger partial charge is 0.253 e. The van der Waals surface area contributed by atoms with Gasteiger partial charge in [-0.25, -0.2) is 12.8 Å². The van der Waals surface area contributed by atoms with Gasteiger partial charge in [0.1, 0.15) is 10.7 Å². The van der Waals surface area contributed by atoms with Gasteiger partial charge < -0.3 is 9.64 Å². The third kappa shape index (κ3) is 4.35. The molecule has 3 rings (SSSR count). The number of carbonyl (C=O) groups excluding carboxylic acids is 1. The Balaban J connectivity index is 1.85. The first-order valence-corrected chi connectivity index (χ1v) is 10.0. The number of sulfonamides is 1. The van der Waals surface area contributed by atoms with E-state index < -0.39 is 20.7 Å². The van der Waals surface area contributed by atoms with Crippen molar-refractivity contribution >= 4 is 15.9 Å². The van der Waals surface area contributed by atoms with Crippen LogP contribution in [0, 0.1) is 5.82 Å². The maximum Gasteiger partial charge on any atom is 0.253 e. The van der Waals surface area contributed by atoms with Crippen molar-refractivity contribution < 1.29 is 22.3 Å². The number of morpholine rings is 1. The average molecular weight is 392 g/mol. The normalized spacial score (nSPS) is 15.5. The number of hydrogen-bond acceptors (Lipinski definition) is 4. The van der Waals surface area contributed by atoms with Crippen LogP contribution in [0.4, 0.5) is 4.39 Å². The van der Waals surface area contributed by atoms with Crippen LogP contribution < -0.4 is 0 Å². The van der Waals surface area contributed by atoms with Gasteiger partial charge in [-0.15, -0.1) is 0 Å². The van der Waals surface area contributed by atoms with E-state index >= 15 is 0 Å². The lowest BCUT2D eigenvalue weighted by atomic mass is 10.1. The molecule has 0 aliphatic carbocycles. The zero-order valence-electron chi connectivity index (χ0n) is 15.0. The van der Waals surface area contributed by atoms with Crippen molar-refractivity contribution in [2.24, 2.45) is 0 Å². The lowest BCUT2D eigenvalue weighted by molar-refractivity contribution is 0.0729. The highest BCUT2D eigenvalue weighted by Gasteiger charge is 2.30. The molecule has 2 aromatic carbocycles. The molecule has 144 valence electrons. The Labute approximate surface area is 158 Å². The molecular weight excluding hydrogens is 371 g/mol. The zero-order valence-corrected chi connectivity index (χ0v) is 15.8. The molecule has 0 N–H and O–H groups in total. The van der Waals surface area contributed by atoms with Crippen molar-refractivity contribution in [3.8, 4) is 0 Å². The molecular formula is C19H21FN2O4S. The Morgan fingerprint density at radius 2 is 1.81 bits per heavy atom. The van der Waals surface area contributed by atoms with E-state index in [1.165, 1.54) is 15.3 Å². The Morgan fingerprint density at radius 3 is 2.48 bits per heavy atom. The molecule has 8 heteroatoms. The molecule has 1 aliphatic heterocycles. The lowest BCUT2D eigenvalue weighted by Gasteiger charge is -2.26.